The molecule has 0 saturated carbocycles. The zero-order valence-electron chi connectivity index (χ0n) is 20.3. The predicted molar refractivity (Wildman–Crippen MR) is 130 cm³/mol. The fourth-order valence-electron chi connectivity index (χ4n) is 4.68. The number of cyclic esters (lactones) is 1. The van der Waals surface area contributed by atoms with Gasteiger partial charge in [0.15, 0.2) is 0 Å². The lowest BCUT2D eigenvalue weighted by Gasteiger charge is -2.37. The molecular formula is C26H29N3O7. The van der Waals surface area contributed by atoms with Crippen LogP contribution in [0.3, 0.4) is 0 Å². The van der Waals surface area contributed by atoms with Gasteiger partial charge in [-0.15, -0.1) is 0 Å². The maximum atomic E-state index is 12.9. The van der Waals surface area contributed by atoms with E-state index in [1.54, 1.807) is 4.90 Å². The van der Waals surface area contributed by atoms with Crippen molar-refractivity contribution in [2.75, 3.05) is 39.2 Å². The Morgan fingerprint density at radius 2 is 1.58 bits per heavy atom. The molecule has 10 heteroatoms. The summed E-state index contributed by atoms with van der Waals surface area (Å²) in [7, 11) is 2.46. The number of carbonyl (C=O) groups excluding carboxylic acids is 4. The van der Waals surface area contributed by atoms with E-state index in [4.69, 9.17) is 14.2 Å². The summed E-state index contributed by atoms with van der Waals surface area (Å²) < 4.78 is 14.8. The normalized spacial score (nSPS) is 17.9. The van der Waals surface area contributed by atoms with Gasteiger partial charge in [0, 0.05) is 24.8 Å². The van der Waals surface area contributed by atoms with Crippen LogP contribution in [0.5, 0.6) is 0 Å². The zero-order chi connectivity index (χ0) is 25.7. The lowest BCUT2D eigenvalue weighted by Crippen LogP contribution is -2.51. The minimum atomic E-state index is -0.639. The third-order valence-corrected chi connectivity index (χ3v) is 6.49. The highest BCUT2D eigenvalue weighted by Crippen LogP contribution is 2.26. The molecule has 190 valence electrons. The quantitative estimate of drug-likeness (QED) is 0.483. The number of anilines is 1. The summed E-state index contributed by atoms with van der Waals surface area (Å²) in [6.45, 7) is 1.24. The number of hydrogen-bond acceptors (Lipinski definition) is 7. The molecule has 2 fully saturated rings. The Bertz CT molecular complexity index is 1100. The Morgan fingerprint density at radius 3 is 2.17 bits per heavy atom. The highest BCUT2D eigenvalue weighted by molar-refractivity contribution is 5.99. The zero-order valence-corrected chi connectivity index (χ0v) is 20.3. The van der Waals surface area contributed by atoms with Gasteiger partial charge in [-0.2, -0.15) is 0 Å². The average molecular weight is 496 g/mol. The standard InChI is InChI=1S/C26H29N3O7/c1-34-23(30)18-13-19(24(31)35-2)15-20(14-18)27-25(32)28-10-8-21(9-11-28)29-22(16-36-26(29)33)12-17-6-4-3-5-7-17/h3-7,13-15,21-22H,8-12,16H2,1-2H3,(H,27,32)/t22-/m0/s1. The fraction of sp³-hybridized carbons (Fsp3) is 0.385. The van der Waals surface area contributed by atoms with Gasteiger partial charge in [-0.05, 0) is 43.0 Å². The second-order valence-electron chi connectivity index (χ2n) is 8.76. The molecule has 0 spiro atoms. The summed E-state index contributed by atoms with van der Waals surface area (Å²) in [6.07, 6.45) is 1.63. The SMILES string of the molecule is COC(=O)c1cc(NC(=O)N2CCC(N3C(=O)OC[C@@H]3Cc3ccccc3)CC2)cc(C(=O)OC)c1. The number of urea groups is 1. The van der Waals surface area contributed by atoms with Crippen molar-refractivity contribution < 1.29 is 33.4 Å². The summed E-state index contributed by atoms with van der Waals surface area (Å²) in [5.74, 6) is -1.28. The van der Waals surface area contributed by atoms with Gasteiger partial charge < -0.3 is 24.4 Å². The van der Waals surface area contributed by atoms with Crippen molar-refractivity contribution in [3.05, 3.63) is 65.2 Å². The van der Waals surface area contributed by atoms with Gasteiger partial charge in [-0.3, -0.25) is 4.90 Å². The maximum absolute atomic E-state index is 12.9. The molecular weight excluding hydrogens is 466 g/mol. The smallest absolute Gasteiger partial charge is 0.410 e. The minimum Gasteiger partial charge on any atom is -0.465 e. The van der Waals surface area contributed by atoms with Gasteiger partial charge in [0.05, 0.1) is 31.4 Å². The van der Waals surface area contributed by atoms with Crippen LogP contribution >= 0.6 is 0 Å². The third kappa shape index (κ3) is 5.59. The van der Waals surface area contributed by atoms with Crippen LogP contribution in [0.4, 0.5) is 15.3 Å². The number of nitrogens with zero attached hydrogens (tertiary/aromatic N) is 2. The number of carbonyl (C=O) groups is 4. The van der Waals surface area contributed by atoms with Crippen LogP contribution in [0.15, 0.2) is 48.5 Å². The van der Waals surface area contributed by atoms with Crippen LogP contribution in [0.2, 0.25) is 0 Å². The molecule has 0 aromatic heterocycles. The molecule has 2 aliphatic heterocycles. The number of rotatable bonds is 6. The van der Waals surface area contributed by atoms with E-state index < -0.39 is 11.9 Å². The summed E-state index contributed by atoms with van der Waals surface area (Å²) in [5, 5.41) is 2.75. The Hall–Kier alpha value is -4.08. The molecule has 2 aromatic carbocycles. The van der Waals surface area contributed by atoms with E-state index in [0.717, 1.165) is 5.56 Å². The molecule has 0 radical (unpaired) electrons. The molecule has 10 nitrogen and oxygen atoms in total. The van der Waals surface area contributed by atoms with Crippen LogP contribution in [0, 0.1) is 0 Å². The summed E-state index contributed by atoms with van der Waals surface area (Å²) >= 11 is 0. The number of hydrogen-bond donors (Lipinski definition) is 1. The van der Waals surface area contributed by atoms with Crippen molar-refractivity contribution in [1.29, 1.82) is 0 Å². The Labute approximate surface area is 209 Å². The number of piperidine rings is 1. The first kappa shape index (κ1) is 25.0. The summed E-state index contributed by atoms with van der Waals surface area (Å²) in [4.78, 5) is 52.9. The molecule has 2 heterocycles. The predicted octanol–water partition coefficient (Wildman–Crippen LogP) is 3.32. The molecule has 1 N–H and O–H groups in total. The van der Waals surface area contributed by atoms with E-state index in [-0.39, 0.29) is 41.0 Å². The topological polar surface area (TPSA) is 114 Å². The Balaban J connectivity index is 1.39. The second-order valence-corrected chi connectivity index (χ2v) is 8.76. The largest absolute Gasteiger partial charge is 0.465 e. The number of benzene rings is 2. The second kappa shape index (κ2) is 11.1. The molecule has 2 aromatic rings. The van der Waals surface area contributed by atoms with Crippen LogP contribution in [0.1, 0.15) is 39.1 Å². The highest BCUT2D eigenvalue weighted by atomic mass is 16.6. The number of methoxy groups -OCH3 is 2. The average Bonchev–Trinajstić information content (AvgIpc) is 3.27. The van der Waals surface area contributed by atoms with E-state index in [1.165, 1.54) is 32.4 Å². The lowest BCUT2D eigenvalue weighted by atomic mass is 9.99. The maximum Gasteiger partial charge on any atom is 0.410 e. The number of likely N-dealkylation sites (tertiary alicyclic amines) is 1. The van der Waals surface area contributed by atoms with Crippen molar-refractivity contribution in [3.8, 4) is 0 Å². The van der Waals surface area contributed by atoms with Crippen molar-refractivity contribution in [2.45, 2.75) is 31.3 Å². The van der Waals surface area contributed by atoms with Crippen LogP contribution in [0.25, 0.3) is 0 Å². The van der Waals surface area contributed by atoms with Crippen LogP contribution in [-0.4, -0.2) is 79.9 Å². The van der Waals surface area contributed by atoms with Gasteiger partial charge in [0.25, 0.3) is 0 Å². The van der Waals surface area contributed by atoms with Crippen LogP contribution in [-0.2, 0) is 20.6 Å². The van der Waals surface area contributed by atoms with Crippen molar-refractivity contribution in [2.24, 2.45) is 0 Å². The molecule has 4 rings (SSSR count). The molecule has 36 heavy (non-hydrogen) atoms. The molecule has 2 saturated heterocycles. The van der Waals surface area contributed by atoms with Crippen molar-refractivity contribution in [3.63, 3.8) is 0 Å². The fourth-order valence-corrected chi connectivity index (χ4v) is 4.68. The van der Waals surface area contributed by atoms with E-state index in [1.807, 2.05) is 35.2 Å². The van der Waals surface area contributed by atoms with Gasteiger partial charge in [-0.25, -0.2) is 19.2 Å². The van der Waals surface area contributed by atoms with Crippen molar-refractivity contribution in [1.82, 2.24) is 9.80 Å². The Kier molecular flexibility index (Phi) is 7.72. The van der Waals surface area contributed by atoms with Crippen molar-refractivity contribution >= 4 is 29.8 Å². The van der Waals surface area contributed by atoms with Gasteiger partial charge in [0.2, 0.25) is 0 Å². The number of esters is 2. The molecule has 0 bridgehead atoms. The van der Waals surface area contributed by atoms with E-state index in [2.05, 4.69) is 5.32 Å². The van der Waals surface area contributed by atoms with Crippen LogP contribution < -0.4 is 5.32 Å². The minimum absolute atomic E-state index is 0.0219. The van der Waals surface area contributed by atoms with Gasteiger partial charge >= 0.3 is 24.1 Å². The highest BCUT2D eigenvalue weighted by Gasteiger charge is 2.39. The monoisotopic (exact) mass is 495 g/mol. The van der Waals surface area contributed by atoms with E-state index in [0.29, 0.717) is 39.0 Å². The number of ether oxygens (including phenoxy) is 3. The van der Waals surface area contributed by atoms with E-state index >= 15 is 0 Å². The first-order valence-electron chi connectivity index (χ1n) is 11.8. The summed E-state index contributed by atoms with van der Waals surface area (Å²) in [5.41, 5.74) is 1.65. The van der Waals surface area contributed by atoms with Gasteiger partial charge in [0.1, 0.15) is 6.61 Å². The summed E-state index contributed by atoms with van der Waals surface area (Å²) in [6, 6.07) is 13.8. The molecule has 3 amide bonds. The number of nitrogens with one attached hydrogen (secondary N) is 1. The molecule has 1 atom stereocenters. The Morgan fingerprint density at radius 1 is 0.972 bits per heavy atom. The molecule has 2 aliphatic rings. The molecule has 0 unspecified atom stereocenters. The third-order valence-electron chi connectivity index (χ3n) is 6.49. The first-order chi connectivity index (χ1) is 17.4. The van der Waals surface area contributed by atoms with E-state index in [9.17, 15) is 19.2 Å². The lowest BCUT2D eigenvalue weighted by molar-refractivity contribution is 0.0599. The first-order valence-corrected chi connectivity index (χ1v) is 11.8. The van der Waals surface area contributed by atoms with Gasteiger partial charge in [-0.1, -0.05) is 30.3 Å². The molecule has 0 aliphatic carbocycles. The number of amides is 3.